The highest BCUT2D eigenvalue weighted by molar-refractivity contribution is 4.72. The van der Waals surface area contributed by atoms with Crippen molar-refractivity contribution in [3.8, 4) is 0 Å². The molecule has 0 radical (unpaired) electrons. The molecule has 0 fully saturated rings. The number of rotatable bonds is 7. The Balaban J connectivity index is 3.93. The molecule has 0 bridgehead atoms. The van der Waals surface area contributed by atoms with Crippen LogP contribution in [0.4, 0.5) is 0 Å². The van der Waals surface area contributed by atoms with E-state index in [9.17, 15) is 0 Å². The van der Waals surface area contributed by atoms with E-state index < -0.39 is 0 Å². The van der Waals surface area contributed by atoms with Crippen molar-refractivity contribution in [1.29, 1.82) is 0 Å². The minimum absolute atomic E-state index is 0.475. The predicted molar refractivity (Wildman–Crippen MR) is 70.2 cm³/mol. The molecule has 2 unspecified atom stereocenters. The molecule has 0 aliphatic carbocycles. The maximum Gasteiger partial charge on any atom is 0.00696 e. The summed E-state index contributed by atoms with van der Waals surface area (Å²) in [5, 5.41) is 3.62. The molecule has 0 aromatic heterocycles. The van der Waals surface area contributed by atoms with Crippen LogP contribution >= 0.6 is 0 Å². The van der Waals surface area contributed by atoms with Crippen molar-refractivity contribution in [2.75, 3.05) is 6.54 Å². The van der Waals surface area contributed by atoms with Crippen LogP contribution in [0.15, 0.2) is 0 Å². The van der Waals surface area contributed by atoms with E-state index in [0.29, 0.717) is 5.41 Å². The van der Waals surface area contributed by atoms with Crippen molar-refractivity contribution >= 4 is 0 Å². The number of hydrogen-bond donors (Lipinski definition) is 1. The summed E-state index contributed by atoms with van der Waals surface area (Å²) in [5.41, 5.74) is 0.475. The van der Waals surface area contributed by atoms with E-state index in [1.807, 2.05) is 0 Å². The van der Waals surface area contributed by atoms with Gasteiger partial charge >= 0.3 is 0 Å². The first kappa shape index (κ1) is 15.0. The van der Waals surface area contributed by atoms with Crippen LogP contribution in [0.5, 0.6) is 0 Å². The zero-order valence-corrected chi connectivity index (χ0v) is 11.7. The Morgan fingerprint density at radius 3 is 2.13 bits per heavy atom. The van der Waals surface area contributed by atoms with Crippen molar-refractivity contribution in [1.82, 2.24) is 5.32 Å². The zero-order chi connectivity index (χ0) is 11.9. The smallest absolute Gasteiger partial charge is 0.00696 e. The van der Waals surface area contributed by atoms with E-state index >= 15 is 0 Å². The van der Waals surface area contributed by atoms with Crippen molar-refractivity contribution in [2.45, 2.75) is 73.3 Å². The molecule has 0 saturated carbocycles. The van der Waals surface area contributed by atoms with Crippen LogP contribution < -0.4 is 5.32 Å². The minimum Gasteiger partial charge on any atom is -0.314 e. The summed E-state index contributed by atoms with van der Waals surface area (Å²) in [6.45, 7) is 15.0. The Kier molecular flexibility index (Phi) is 7.25. The molecule has 0 aliphatic heterocycles. The summed E-state index contributed by atoms with van der Waals surface area (Å²) in [6.07, 6.45) is 5.28. The van der Waals surface area contributed by atoms with Crippen LogP contribution in [0.1, 0.15) is 67.2 Å². The second-order valence-corrected chi connectivity index (χ2v) is 6.10. The number of hydrogen-bond acceptors (Lipinski definition) is 1. The fourth-order valence-electron chi connectivity index (χ4n) is 1.85. The molecule has 1 N–H and O–H groups in total. The average Bonchev–Trinajstić information content (AvgIpc) is 2.13. The molecule has 0 aliphatic rings. The third kappa shape index (κ3) is 8.92. The second kappa shape index (κ2) is 7.27. The Morgan fingerprint density at radius 1 is 1.13 bits per heavy atom. The van der Waals surface area contributed by atoms with Gasteiger partial charge in [-0.05, 0) is 37.1 Å². The quantitative estimate of drug-likeness (QED) is 0.667. The van der Waals surface area contributed by atoms with Crippen molar-refractivity contribution < 1.29 is 0 Å². The van der Waals surface area contributed by atoms with Gasteiger partial charge in [0.05, 0.1) is 0 Å². The first-order chi connectivity index (χ1) is 6.89. The SMILES string of the molecule is CCNC(CCC(C)(C)C)CC(C)CC. The summed E-state index contributed by atoms with van der Waals surface area (Å²) in [5.74, 6) is 0.856. The lowest BCUT2D eigenvalue weighted by Crippen LogP contribution is -2.31. The van der Waals surface area contributed by atoms with Crippen LogP contribution in [0, 0.1) is 11.3 Å². The molecule has 1 heteroatoms. The van der Waals surface area contributed by atoms with Crippen LogP contribution in [-0.2, 0) is 0 Å². The lowest BCUT2D eigenvalue weighted by Gasteiger charge is -2.25. The summed E-state index contributed by atoms with van der Waals surface area (Å²) in [6, 6.07) is 0.726. The Labute approximate surface area is 97.0 Å². The average molecular weight is 213 g/mol. The lowest BCUT2D eigenvalue weighted by atomic mass is 9.86. The van der Waals surface area contributed by atoms with E-state index in [4.69, 9.17) is 0 Å². The first-order valence-corrected chi connectivity index (χ1v) is 6.62. The van der Waals surface area contributed by atoms with Gasteiger partial charge in [-0.3, -0.25) is 0 Å². The van der Waals surface area contributed by atoms with E-state index in [1.54, 1.807) is 0 Å². The van der Waals surface area contributed by atoms with Crippen molar-refractivity contribution in [3.63, 3.8) is 0 Å². The molecule has 0 spiro atoms. The van der Waals surface area contributed by atoms with E-state index in [1.165, 1.54) is 25.7 Å². The molecule has 0 aromatic carbocycles. The van der Waals surface area contributed by atoms with Crippen LogP contribution in [0.3, 0.4) is 0 Å². The molecule has 0 rings (SSSR count). The molecule has 0 aromatic rings. The molecule has 0 saturated heterocycles. The van der Waals surface area contributed by atoms with Gasteiger partial charge in [-0.2, -0.15) is 0 Å². The predicted octanol–water partition coefficient (Wildman–Crippen LogP) is 4.23. The van der Waals surface area contributed by atoms with Crippen LogP contribution in [-0.4, -0.2) is 12.6 Å². The third-order valence-corrected chi connectivity index (χ3v) is 3.12. The molecular formula is C14H31N. The maximum atomic E-state index is 3.62. The molecule has 0 heterocycles. The normalized spacial score (nSPS) is 16.4. The summed E-state index contributed by atoms with van der Waals surface area (Å²) in [7, 11) is 0. The highest BCUT2D eigenvalue weighted by Gasteiger charge is 2.16. The van der Waals surface area contributed by atoms with Gasteiger partial charge in [0.2, 0.25) is 0 Å². The maximum absolute atomic E-state index is 3.62. The Bertz CT molecular complexity index is 146. The minimum atomic E-state index is 0.475. The molecule has 1 nitrogen and oxygen atoms in total. The third-order valence-electron chi connectivity index (χ3n) is 3.12. The van der Waals surface area contributed by atoms with Crippen molar-refractivity contribution in [2.24, 2.45) is 11.3 Å². The largest absolute Gasteiger partial charge is 0.314 e. The molecule has 0 amide bonds. The molecule has 92 valence electrons. The van der Waals surface area contributed by atoms with Gasteiger partial charge in [0.15, 0.2) is 0 Å². The second-order valence-electron chi connectivity index (χ2n) is 6.10. The highest BCUT2D eigenvalue weighted by Crippen LogP contribution is 2.23. The van der Waals surface area contributed by atoms with Gasteiger partial charge in [-0.15, -0.1) is 0 Å². The van der Waals surface area contributed by atoms with Gasteiger partial charge < -0.3 is 5.32 Å². The monoisotopic (exact) mass is 213 g/mol. The summed E-state index contributed by atoms with van der Waals surface area (Å²) < 4.78 is 0. The first-order valence-electron chi connectivity index (χ1n) is 6.62. The lowest BCUT2D eigenvalue weighted by molar-refractivity contribution is 0.304. The fraction of sp³-hybridized carbons (Fsp3) is 1.00. The van der Waals surface area contributed by atoms with E-state index in [-0.39, 0.29) is 0 Å². The number of nitrogens with one attached hydrogen (secondary N) is 1. The Hall–Kier alpha value is -0.0400. The van der Waals surface area contributed by atoms with Gasteiger partial charge in [0.1, 0.15) is 0 Å². The highest BCUT2D eigenvalue weighted by atomic mass is 14.9. The van der Waals surface area contributed by atoms with Gasteiger partial charge in [-0.1, -0.05) is 48.0 Å². The molecule has 15 heavy (non-hydrogen) atoms. The van der Waals surface area contributed by atoms with Crippen LogP contribution in [0.25, 0.3) is 0 Å². The Morgan fingerprint density at radius 2 is 1.73 bits per heavy atom. The van der Waals surface area contributed by atoms with Gasteiger partial charge in [0, 0.05) is 6.04 Å². The summed E-state index contributed by atoms with van der Waals surface area (Å²) >= 11 is 0. The summed E-state index contributed by atoms with van der Waals surface area (Å²) in [4.78, 5) is 0. The fourth-order valence-corrected chi connectivity index (χ4v) is 1.85. The van der Waals surface area contributed by atoms with E-state index in [2.05, 4.69) is 46.9 Å². The van der Waals surface area contributed by atoms with E-state index in [0.717, 1.165) is 18.5 Å². The zero-order valence-electron chi connectivity index (χ0n) is 11.7. The standard InChI is InChI=1S/C14H31N/c1-7-12(3)11-13(15-8-2)9-10-14(4,5)6/h12-13,15H,7-11H2,1-6H3. The topological polar surface area (TPSA) is 12.0 Å². The molecule has 2 atom stereocenters. The van der Waals surface area contributed by atoms with Gasteiger partial charge in [-0.25, -0.2) is 0 Å². The van der Waals surface area contributed by atoms with Crippen LogP contribution in [0.2, 0.25) is 0 Å². The van der Waals surface area contributed by atoms with Gasteiger partial charge in [0.25, 0.3) is 0 Å². The molecular weight excluding hydrogens is 182 g/mol. The van der Waals surface area contributed by atoms with Crippen molar-refractivity contribution in [3.05, 3.63) is 0 Å².